The average Bonchev–Trinajstić information content (AvgIpc) is 2.81. The van der Waals surface area contributed by atoms with Crippen molar-refractivity contribution >= 4 is 11.3 Å². The fraction of sp³-hybridized carbons (Fsp3) is 0.444. The van der Waals surface area contributed by atoms with Crippen LogP contribution in [-0.2, 0) is 11.3 Å². The molecule has 84 valence electrons. The van der Waals surface area contributed by atoms with Crippen LogP contribution in [0.2, 0.25) is 0 Å². The molecule has 0 amide bonds. The summed E-state index contributed by atoms with van der Waals surface area (Å²) < 4.78 is 8.05. The summed E-state index contributed by atoms with van der Waals surface area (Å²) in [6.07, 6.45) is 1.82. The van der Waals surface area contributed by atoms with Crippen LogP contribution in [0.4, 0.5) is 0 Å². The van der Waals surface area contributed by atoms with Crippen molar-refractivity contribution in [3.63, 3.8) is 0 Å². The highest BCUT2D eigenvalue weighted by atomic mass is 32.1. The molecule has 2 aromatic rings. The van der Waals surface area contributed by atoms with E-state index in [4.69, 9.17) is 4.74 Å². The van der Waals surface area contributed by atoms with Crippen molar-refractivity contribution in [1.29, 1.82) is 0 Å². The van der Waals surface area contributed by atoms with Gasteiger partial charge in [0.05, 0.1) is 13.2 Å². The molecule has 6 nitrogen and oxygen atoms in total. The first-order valence-corrected chi connectivity index (χ1v) is 5.81. The zero-order chi connectivity index (χ0) is 11.1. The third-order valence-corrected chi connectivity index (χ3v) is 3.15. The van der Waals surface area contributed by atoms with Crippen LogP contribution in [-0.4, -0.2) is 32.0 Å². The molecule has 3 heterocycles. The molecule has 1 fully saturated rings. The molecule has 1 atom stereocenters. The van der Waals surface area contributed by atoms with E-state index in [1.807, 2.05) is 5.38 Å². The van der Waals surface area contributed by atoms with E-state index >= 15 is 0 Å². The van der Waals surface area contributed by atoms with Crippen molar-refractivity contribution < 1.29 is 4.74 Å². The van der Waals surface area contributed by atoms with Gasteiger partial charge in [0.1, 0.15) is 11.9 Å². The lowest BCUT2D eigenvalue weighted by molar-refractivity contribution is 0.369. The van der Waals surface area contributed by atoms with Crippen LogP contribution < -0.4 is 5.69 Å². The Morgan fingerprint density at radius 1 is 1.69 bits per heavy atom. The lowest BCUT2D eigenvalue weighted by Gasteiger charge is -1.94. The quantitative estimate of drug-likeness (QED) is 0.716. The molecular weight excluding hydrogens is 228 g/mol. The van der Waals surface area contributed by atoms with E-state index in [1.54, 1.807) is 13.1 Å². The maximum absolute atomic E-state index is 12.0. The predicted molar refractivity (Wildman–Crippen MR) is 58.0 cm³/mol. The Kier molecular flexibility index (Phi) is 2.15. The van der Waals surface area contributed by atoms with Crippen LogP contribution in [0.15, 0.2) is 16.4 Å². The average molecular weight is 238 g/mol. The van der Waals surface area contributed by atoms with E-state index in [1.165, 1.54) is 20.6 Å². The zero-order valence-corrected chi connectivity index (χ0v) is 9.48. The van der Waals surface area contributed by atoms with E-state index in [0.717, 1.165) is 6.61 Å². The first-order valence-electron chi connectivity index (χ1n) is 4.93. The smallest absolute Gasteiger partial charge is 0.352 e. The van der Waals surface area contributed by atoms with Gasteiger partial charge in [0, 0.05) is 11.6 Å². The minimum absolute atomic E-state index is 0.150. The van der Waals surface area contributed by atoms with E-state index in [9.17, 15) is 4.79 Å². The maximum atomic E-state index is 12.0. The van der Waals surface area contributed by atoms with Gasteiger partial charge in [0.25, 0.3) is 0 Å². The van der Waals surface area contributed by atoms with Gasteiger partial charge in [0.15, 0.2) is 5.13 Å². The minimum atomic E-state index is -0.150. The summed E-state index contributed by atoms with van der Waals surface area (Å²) >= 11 is 1.42. The van der Waals surface area contributed by atoms with Gasteiger partial charge in [-0.25, -0.2) is 19.0 Å². The number of aryl methyl sites for hydroxylation is 1. The highest BCUT2D eigenvalue weighted by molar-refractivity contribution is 7.12. The van der Waals surface area contributed by atoms with Crippen LogP contribution in [0, 0.1) is 6.92 Å². The molecule has 1 aliphatic rings. The molecule has 1 saturated heterocycles. The second-order valence-electron chi connectivity index (χ2n) is 3.62. The molecule has 0 aliphatic carbocycles. The summed E-state index contributed by atoms with van der Waals surface area (Å²) in [5.74, 6) is 0.653. The Morgan fingerprint density at radius 2 is 2.50 bits per heavy atom. The first-order chi connectivity index (χ1) is 7.75. The predicted octanol–water partition coefficient (Wildman–Crippen LogP) is 0.198. The van der Waals surface area contributed by atoms with Crippen molar-refractivity contribution in [2.75, 3.05) is 6.61 Å². The second-order valence-corrected chi connectivity index (χ2v) is 4.49. The lowest BCUT2D eigenvalue weighted by atomic mass is 10.5. The third-order valence-electron chi connectivity index (χ3n) is 2.39. The number of rotatable bonds is 3. The molecule has 3 rings (SSSR count). The molecule has 0 aromatic carbocycles. The topological polar surface area (TPSA) is 65.2 Å². The van der Waals surface area contributed by atoms with Gasteiger partial charge in [-0.15, -0.1) is 11.3 Å². The van der Waals surface area contributed by atoms with Crippen LogP contribution in [0.5, 0.6) is 0 Å². The Balaban J connectivity index is 2.04. The Hall–Kier alpha value is -1.47. The molecule has 0 radical (unpaired) electrons. The van der Waals surface area contributed by atoms with Gasteiger partial charge in [-0.05, 0) is 6.92 Å². The number of hydrogen-bond donors (Lipinski definition) is 0. The number of ether oxygens (including phenoxy) is 1. The Morgan fingerprint density at radius 3 is 3.12 bits per heavy atom. The SMILES string of the molecule is Cc1nn(CC2CO2)c(=O)n1-c1nccs1. The van der Waals surface area contributed by atoms with Crippen molar-refractivity contribution in [1.82, 2.24) is 19.3 Å². The van der Waals surface area contributed by atoms with Crippen LogP contribution in [0.3, 0.4) is 0 Å². The molecule has 7 heteroatoms. The standard InChI is InChI=1S/C9H10N4O2S/c1-6-11-12(4-7-5-15-7)9(14)13(6)8-10-2-3-16-8/h2-3,7H,4-5H2,1H3. The van der Waals surface area contributed by atoms with E-state index in [-0.39, 0.29) is 11.8 Å². The normalized spacial score (nSPS) is 18.9. The number of aromatic nitrogens is 4. The minimum Gasteiger partial charge on any atom is -0.371 e. The summed E-state index contributed by atoms with van der Waals surface area (Å²) in [6, 6.07) is 0. The van der Waals surface area contributed by atoms with E-state index in [2.05, 4.69) is 10.1 Å². The number of thiazole rings is 1. The largest absolute Gasteiger partial charge is 0.371 e. The van der Waals surface area contributed by atoms with Crippen molar-refractivity contribution in [2.24, 2.45) is 0 Å². The summed E-state index contributed by atoms with van der Waals surface area (Å²) in [5, 5.41) is 6.69. The Labute approximate surface area is 95.1 Å². The molecule has 0 bridgehead atoms. The number of hydrogen-bond acceptors (Lipinski definition) is 5. The van der Waals surface area contributed by atoms with Crippen LogP contribution in [0.25, 0.3) is 5.13 Å². The van der Waals surface area contributed by atoms with Crippen LogP contribution >= 0.6 is 11.3 Å². The van der Waals surface area contributed by atoms with E-state index in [0.29, 0.717) is 17.5 Å². The number of nitrogens with zero attached hydrogens (tertiary/aromatic N) is 4. The van der Waals surface area contributed by atoms with Gasteiger partial charge in [-0.2, -0.15) is 5.10 Å². The zero-order valence-electron chi connectivity index (χ0n) is 8.66. The van der Waals surface area contributed by atoms with E-state index < -0.39 is 0 Å². The molecule has 2 aromatic heterocycles. The fourth-order valence-corrected chi connectivity index (χ4v) is 2.23. The molecule has 0 saturated carbocycles. The summed E-state index contributed by atoms with van der Waals surface area (Å²) in [7, 11) is 0. The van der Waals surface area contributed by atoms with Crippen molar-refractivity contribution in [3.8, 4) is 5.13 Å². The first kappa shape index (κ1) is 9.73. The summed E-state index contributed by atoms with van der Waals surface area (Å²) in [5.41, 5.74) is -0.150. The number of epoxide rings is 1. The highest BCUT2D eigenvalue weighted by Crippen LogP contribution is 2.12. The summed E-state index contributed by atoms with van der Waals surface area (Å²) in [4.78, 5) is 16.1. The molecular formula is C9H10N4O2S. The lowest BCUT2D eigenvalue weighted by Crippen LogP contribution is -2.25. The molecule has 1 unspecified atom stereocenters. The molecule has 0 N–H and O–H groups in total. The van der Waals surface area contributed by atoms with Crippen LogP contribution in [0.1, 0.15) is 5.82 Å². The van der Waals surface area contributed by atoms with Gasteiger partial charge in [-0.1, -0.05) is 0 Å². The maximum Gasteiger partial charge on any atom is 0.352 e. The molecule has 16 heavy (non-hydrogen) atoms. The van der Waals surface area contributed by atoms with Crippen molar-refractivity contribution in [3.05, 3.63) is 27.9 Å². The van der Waals surface area contributed by atoms with Crippen molar-refractivity contribution in [2.45, 2.75) is 19.6 Å². The Bertz CT molecular complexity index is 553. The van der Waals surface area contributed by atoms with Gasteiger partial charge in [-0.3, -0.25) is 0 Å². The fourth-order valence-electron chi connectivity index (χ4n) is 1.55. The highest BCUT2D eigenvalue weighted by Gasteiger charge is 2.25. The van der Waals surface area contributed by atoms with Gasteiger partial charge >= 0.3 is 5.69 Å². The molecule has 0 spiro atoms. The molecule has 1 aliphatic heterocycles. The summed E-state index contributed by atoms with van der Waals surface area (Å²) in [6.45, 7) is 3.04. The monoisotopic (exact) mass is 238 g/mol. The van der Waals surface area contributed by atoms with Gasteiger partial charge in [0.2, 0.25) is 0 Å². The van der Waals surface area contributed by atoms with Gasteiger partial charge < -0.3 is 4.74 Å². The second kappa shape index (κ2) is 3.53. The third kappa shape index (κ3) is 1.57.